The molecule has 2 heterocycles. The fourth-order valence-electron chi connectivity index (χ4n) is 2.96. The second-order valence-electron chi connectivity index (χ2n) is 6.45. The van der Waals surface area contributed by atoms with Crippen LogP contribution in [-0.4, -0.2) is 54.7 Å². The summed E-state index contributed by atoms with van der Waals surface area (Å²) in [5.41, 5.74) is 3.19. The normalized spacial score (nSPS) is 17.2. The van der Waals surface area contributed by atoms with Crippen molar-refractivity contribution in [3.8, 4) is 0 Å². The molecule has 6 nitrogen and oxygen atoms in total. The van der Waals surface area contributed by atoms with Gasteiger partial charge in [-0.2, -0.15) is 4.31 Å². The Hall–Kier alpha value is -1.77. The zero-order valence-corrected chi connectivity index (χ0v) is 16.6. The molecule has 0 saturated carbocycles. The van der Waals surface area contributed by atoms with Gasteiger partial charge in [-0.15, -0.1) is 11.3 Å². The van der Waals surface area contributed by atoms with Crippen LogP contribution >= 0.6 is 11.3 Å². The van der Waals surface area contributed by atoms with Gasteiger partial charge >= 0.3 is 0 Å². The average molecular weight is 394 g/mol. The molecule has 1 unspecified atom stereocenters. The number of carbonyl (C=O) groups excluding carboxylic acids is 1. The van der Waals surface area contributed by atoms with E-state index in [2.05, 4.69) is 18.8 Å². The standard InChI is InChI=1S/C18H23N3O3S2/c1-3-14(2)15-4-6-16(7-5-15)26(23,24)21-10-8-20(9-11-21)18(22)17-12-25-13-19-17/h4-7,12-14H,3,8-11H2,1-2H3. The van der Waals surface area contributed by atoms with Gasteiger partial charge in [0.05, 0.1) is 10.4 Å². The van der Waals surface area contributed by atoms with Gasteiger partial charge in [0, 0.05) is 31.6 Å². The molecule has 140 valence electrons. The van der Waals surface area contributed by atoms with E-state index in [1.165, 1.54) is 15.6 Å². The van der Waals surface area contributed by atoms with Gasteiger partial charge in [-0.25, -0.2) is 13.4 Å². The Kier molecular flexibility index (Phi) is 5.74. The molecule has 1 amide bonds. The SMILES string of the molecule is CCC(C)c1ccc(S(=O)(=O)N2CCN(C(=O)c3cscn3)CC2)cc1. The van der Waals surface area contributed by atoms with Crippen LogP contribution < -0.4 is 0 Å². The Balaban J connectivity index is 1.67. The van der Waals surface area contributed by atoms with Crippen molar-refractivity contribution in [2.45, 2.75) is 31.1 Å². The van der Waals surface area contributed by atoms with E-state index in [9.17, 15) is 13.2 Å². The zero-order valence-electron chi connectivity index (χ0n) is 15.0. The van der Waals surface area contributed by atoms with Crippen LogP contribution in [0.3, 0.4) is 0 Å². The predicted octanol–water partition coefficient (Wildman–Crippen LogP) is 2.80. The van der Waals surface area contributed by atoms with E-state index in [1.54, 1.807) is 27.9 Å². The second-order valence-corrected chi connectivity index (χ2v) is 9.10. The first-order valence-electron chi connectivity index (χ1n) is 8.71. The molecule has 1 saturated heterocycles. The number of piperazine rings is 1. The molecule has 0 spiro atoms. The van der Waals surface area contributed by atoms with Crippen molar-refractivity contribution in [3.05, 3.63) is 46.4 Å². The Bertz CT molecular complexity index is 840. The van der Waals surface area contributed by atoms with Gasteiger partial charge in [-0.05, 0) is 30.0 Å². The van der Waals surface area contributed by atoms with Crippen LogP contribution in [0.25, 0.3) is 0 Å². The van der Waals surface area contributed by atoms with Crippen LogP contribution in [0.2, 0.25) is 0 Å². The van der Waals surface area contributed by atoms with E-state index in [0.717, 1.165) is 12.0 Å². The summed E-state index contributed by atoms with van der Waals surface area (Å²) >= 11 is 1.37. The minimum atomic E-state index is -3.53. The molecular weight excluding hydrogens is 370 g/mol. The number of sulfonamides is 1. The molecule has 3 rings (SSSR count). The van der Waals surface area contributed by atoms with E-state index in [0.29, 0.717) is 42.7 Å². The van der Waals surface area contributed by atoms with Crippen molar-refractivity contribution < 1.29 is 13.2 Å². The lowest BCUT2D eigenvalue weighted by Crippen LogP contribution is -2.50. The minimum absolute atomic E-state index is 0.138. The lowest BCUT2D eigenvalue weighted by atomic mass is 9.99. The lowest BCUT2D eigenvalue weighted by Gasteiger charge is -2.33. The van der Waals surface area contributed by atoms with Crippen LogP contribution in [0, 0.1) is 0 Å². The topological polar surface area (TPSA) is 70.6 Å². The van der Waals surface area contributed by atoms with Gasteiger partial charge in [-0.1, -0.05) is 26.0 Å². The molecule has 26 heavy (non-hydrogen) atoms. The fourth-order valence-corrected chi connectivity index (χ4v) is 4.91. The number of thiazole rings is 1. The maximum atomic E-state index is 12.9. The van der Waals surface area contributed by atoms with E-state index in [-0.39, 0.29) is 5.91 Å². The Morgan fingerprint density at radius 2 is 1.85 bits per heavy atom. The van der Waals surface area contributed by atoms with Gasteiger partial charge in [0.15, 0.2) is 0 Å². The van der Waals surface area contributed by atoms with Gasteiger partial charge in [0.1, 0.15) is 5.69 Å². The van der Waals surface area contributed by atoms with Crippen LogP contribution in [0.4, 0.5) is 0 Å². The van der Waals surface area contributed by atoms with Gasteiger partial charge in [0.25, 0.3) is 5.91 Å². The molecular formula is C18H23N3O3S2. The lowest BCUT2D eigenvalue weighted by molar-refractivity contribution is 0.0693. The summed E-state index contributed by atoms with van der Waals surface area (Å²) in [4.78, 5) is 18.3. The number of rotatable bonds is 5. The quantitative estimate of drug-likeness (QED) is 0.783. The number of aromatic nitrogens is 1. The van der Waals surface area contributed by atoms with Crippen LogP contribution in [-0.2, 0) is 10.0 Å². The van der Waals surface area contributed by atoms with E-state index in [4.69, 9.17) is 0 Å². The molecule has 1 aromatic heterocycles. The van der Waals surface area contributed by atoms with Crippen molar-refractivity contribution >= 4 is 27.3 Å². The molecule has 8 heteroatoms. The summed E-state index contributed by atoms with van der Waals surface area (Å²) in [5, 5.41) is 1.71. The predicted molar refractivity (Wildman–Crippen MR) is 102 cm³/mol. The Morgan fingerprint density at radius 3 is 2.38 bits per heavy atom. The first kappa shape index (κ1) is 19.0. The third-order valence-corrected chi connectivity index (χ3v) is 7.38. The minimum Gasteiger partial charge on any atom is -0.335 e. The Labute approximate surface area is 158 Å². The molecule has 0 radical (unpaired) electrons. The largest absolute Gasteiger partial charge is 0.335 e. The summed E-state index contributed by atoms with van der Waals surface area (Å²) in [7, 11) is -3.53. The first-order chi connectivity index (χ1) is 12.4. The molecule has 1 aromatic carbocycles. The third-order valence-electron chi connectivity index (χ3n) is 4.88. The summed E-state index contributed by atoms with van der Waals surface area (Å²) in [6.07, 6.45) is 1.01. The van der Waals surface area contributed by atoms with E-state index >= 15 is 0 Å². The molecule has 1 fully saturated rings. The van der Waals surface area contributed by atoms with Gasteiger partial charge in [0.2, 0.25) is 10.0 Å². The second kappa shape index (κ2) is 7.85. The van der Waals surface area contributed by atoms with E-state index < -0.39 is 10.0 Å². The average Bonchev–Trinajstić information content (AvgIpc) is 3.21. The summed E-state index contributed by atoms with van der Waals surface area (Å²) in [6.45, 7) is 5.58. The zero-order chi connectivity index (χ0) is 18.7. The van der Waals surface area contributed by atoms with Crippen LogP contribution in [0.15, 0.2) is 40.1 Å². The summed E-state index contributed by atoms with van der Waals surface area (Å²) in [5.74, 6) is 0.272. The number of amides is 1. The van der Waals surface area contributed by atoms with Gasteiger partial charge in [-0.3, -0.25) is 4.79 Å². The molecule has 0 aliphatic carbocycles. The fraction of sp³-hybridized carbons (Fsp3) is 0.444. The first-order valence-corrected chi connectivity index (χ1v) is 11.1. The number of hydrogen-bond acceptors (Lipinski definition) is 5. The molecule has 1 aliphatic heterocycles. The molecule has 0 N–H and O–H groups in total. The highest BCUT2D eigenvalue weighted by atomic mass is 32.2. The van der Waals surface area contributed by atoms with Crippen LogP contribution in [0.1, 0.15) is 42.2 Å². The maximum Gasteiger partial charge on any atom is 0.273 e. The molecule has 0 bridgehead atoms. The number of nitrogens with zero attached hydrogens (tertiary/aromatic N) is 3. The van der Waals surface area contributed by atoms with Crippen molar-refractivity contribution in [1.82, 2.24) is 14.2 Å². The number of hydrogen-bond donors (Lipinski definition) is 0. The third kappa shape index (κ3) is 3.82. The highest BCUT2D eigenvalue weighted by molar-refractivity contribution is 7.89. The molecule has 2 aromatic rings. The van der Waals surface area contributed by atoms with Crippen molar-refractivity contribution in [2.75, 3.05) is 26.2 Å². The van der Waals surface area contributed by atoms with E-state index in [1.807, 2.05) is 12.1 Å². The van der Waals surface area contributed by atoms with Crippen molar-refractivity contribution in [3.63, 3.8) is 0 Å². The maximum absolute atomic E-state index is 12.9. The van der Waals surface area contributed by atoms with Crippen LogP contribution in [0.5, 0.6) is 0 Å². The van der Waals surface area contributed by atoms with Gasteiger partial charge < -0.3 is 4.90 Å². The smallest absolute Gasteiger partial charge is 0.273 e. The van der Waals surface area contributed by atoms with Crippen molar-refractivity contribution in [2.24, 2.45) is 0 Å². The molecule has 1 aliphatic rings. The highest BCUT2D eigenvalue weighted by Crippen LogP contribution is 2.23. The Morgan fingerprint density at radius 1 is 1.19 bits per heavy atom. The highest BCUT2D eigenvalue weighted by Gasteiger charge is 2.30. The molecule has 1 atom stereocenters. The summed E-state index contributed by atoms with van der Waals surface area (Å²) in [6, 6.07) is 7.15. The summed E-state index contributed by atoms with van der Waals surface area (Å²) < 4.78 is 27.2. The van der Waals surface area contributed by atoms with Crippen molar-refractivity contribution in [1.29, 1.82) is 0 Å². The number of benzene rings is 1. The number of carbonyl (C=O) groups is 1. The monoisotopic (exact) mass is 393 g/mol.